The molecule has 0 radical (unpaired) electrons. The van der Waals surface area contributed by atoms with Gasteiger partial charge in [-0.2, -0.15) is 0 Å². The van der Waals surface area contributed by atoms with Crippen LogP contribution < -0.4 is 5.32 Å². The molecule has 0 bridgehead atoms. The Bertz CT molecular complexity index is 334. The fourth-order valence-corrected chi connectivity index (χ4v) is 2.36. The van der Waals surface area contributed by atoms with Crippen LogP contribution >= 0.6 is 0 Å². The Morgan fingerprint density at radius 1 is 1.29 bits per heavy atom. The summed E-state index contributed by atoms with van der Waals surface area (Å²) in [6, 6.07) is -0.994. The van der Waals surface area contributed by atoms with Gasteiger partial charge in [-0.1, -0.05) is 26.7 Å². The van der Waals surface area contributed by atoms with Gasteiger partial charge in [0, 0.05) is 19.7 Å². The average Bonchev–Trinajstić information content (AvgIpc) is 2.67. The van der Waals surface area contributed by atoms with Gasteiger partial charge in [-0.05, 0) is 25.2 Å². The zero-order valence-electron chi connectivity index (χ0n) is 13.1. The molecule has 6 nitrogen and oxygen atoms in total. The van der Waals surface area contributed by atoms with Crippen molar-refractivity contribution >= 4 is 12.0 Å². The van der Waals surface area contributed by atoms with Crippen LogP contribution in [0.5, 0.6) is 0 Å². The number of aliphatic carboxylic acids is 1. The van der Waals surface area contributed by atoms with E-state index in [9.17, 15) is 14.7 Å². The minimum atomic E-state index is -0.916. The first-order valence-corrected chi connectivity index (χ1v) is 7.87. The third kappa shape index (κ3) is 6.80. The van der Waals surface area contributed by atoms with Crippen molar-refractivity contribution in [2.45, 2.75) is 52.0 Å². The van der Waals surface area contributed by atoms with Gasteiger partial charge in [0.2, 0.25) is 0 Å². The number of nitrogens with one attached hydrogen (secondary N) is 1. The second kappa shape index (κ2) is 9.60. The lowest BCUT2D eigenvalue weighted by molar-refractivity contribution is -0.142. The van der Waals surface area contributed by atoms with Crippen LogP contribution in [0.25, 0.3) is 0 Å². The molecular weight excluding hydrogens is 272 g/mol. The standard InChI is InChI=1S/C15H28N2O4/c1-12(2)7-10-21-11-8-16-15(20)17-9-5-3-4-6-13(17)14(18)19/h12-13H,3-11H2,1-2H3,(H,16,20)(H,18,19). The third-order valence-corrected chi connectivity index (χ3v) is 3.66. The van der Waals surface area contributed by atoms with Crippen LogP contribution in [0.3, 0.4) is 0 Å². The number of likely N-dealkylation sites (tertiary alicyclic amines) is 1. The summed E-state index contributed by atoms with van der Waals surface area (Å²) in [5, 5.41) is 12.0. The van der Waals surface area contributed by atoms with Crippen molar-refractivity contribution in [1.82, 2.24) is 10.2 Å². The minimum Gasteiger partial charge on any atom is -0.480 e. The van der Waals surface area contributed by atoms with Crippen molar-refractivity contribution in [3.63, 3.8) is 0 Å². The smallest absolute Gasteiger partial charge is 0.326 e. The second-order valence-corrected chi connectivity index (χ2v) is 5.92. The molecule has 0 aromatic carbocycles. The number of carbonyl (C=O) groups is 2. The highest BCUT2D eigenvalue weighted by molar-refractivity contribution is 5.82. The molecule has 1 unspecified atom stereocenters. The monoisotopic (exact) mass is 300 g/mol. The topological polar surface area (TPSA) is 78.9 Å². The van der Waals surface area contributed by atoms with E-state index in [0.29, 0.717) is 38.6 Å². The van der Waals surface area contributed by atoms with Crippen molar-refractivity contribution < 1.29 is 19.4 Å². The highest BCUT2D eigenvalue weighted by atomic mass is 16.5. The number of hydrogen-bond acceptors (Lipinski definition) is 3. The summed E-state index contributed by atoms with van der Waals surface area (Å²) in [5.74, 6) is -0.312. The molecule has 1 atom stereocenters. The van der Waals surface area contributed by atoms with Crippen LogP contribution in [0.1, 0.15) is 46.0 Å². The van der Waals surface area contributed by atoms with Gasteiger partial charge in [0.05, 0.1) is 6.61 Å². The van der Waals surface area contributed by atoms with E-state index in [1.165, 1.54) is 4.90 Å². The summed E-state index contributed by atoms with van der Waals surface area (Å²) in [6.07, 6.45) is 4.24. The van der Waals surface area contributed by atoms with Crippen LogP contribution in [0, 0.1) is 5.92 Å². The van der Waals surface area contributed by atoms with Gasteiger partial charge >= 0.3 is 12.0 Å². The van der Waals surface area contributed by atoms with E-state index in [2.05, 4.69) is 19.2 Å². The summed E-state index contributed by atoms with van der Waals surface area (Å²) in [6.45, 7) is 6.35. The number of carboxylic acids is 1. The van der Waals surface area contributed by atoms with E-state index in [-0.39, 0.29) is 6.03 Å². The average molecular weight is 300 g/mol. The maximum Gasteiger partial charge on any atom is 0.326 e. The quantitative estimate of drug-likeness (QED) is 0.706. The highest BCUT2D eigenvalue weighted by Crippen LogP contribution is 2.17. The van der Waals surface area contributed by atoms with Crippen molar-refractivity contribution in [2.75, 3.05) is 26.3 Å². The Kier molecular flexibility index (Phi) is 8.12. The number of rotatable bonds is 7. The third-order valence-electron chi connectivity index (χ3n) is 3.66. The fraction of sp³-hybridized carbons (Fsp3) is 0.867. The summed E-state index contributed by atoms with van der Waals surface area (Å²) in [4.78, 5) is 24.8. The molecule has 0 aromatic heterocycles. The summed E-state index contributed by atoms with van der Waals surface area (Å²) in [5.41, 5.74) is 0. The fourth-order valence-electron chi connectivity index (χ4n) is 2.36. The molecule has 1 saturated heterocycles. The van der Waals surface area contributed by atoms with E-state index in [1.807, 2.05) is 0 Å². The van der Waals surface area contributed by atoms with Crippen molar-refractivity contribution in [3.05, 3.63) is 0 Å². The van der Waals surface area contributed by atoms with E-state index in [4.69, 9.17) is 4.74 Å². The van der Waals surface area contributed by atoms with Crippen LogP contribution in [0.15, 0.2) is 0 Å². The Balaban J connectivity index is 2.30. The Morgan fingerprint density at radius 3 is 2.71 bits per heavy atom. The molecule has 122 valence electrons. The maximum absolute atomic E-state index is 12.1. The number of hydrogen-bond donors (Lipinski definition) is 2. The first kappa shape index (κ1) is 17.8. The van der Waals surface area contributed by atoms with E-state index in [0.717, 1.165) is 25.7 Å². The molecule has 0 spiro atoms. The molecule has 1 aliphatic rings. The number of nitrogens with zero attached hydrogens (tertiary/aromatic N) is 1. The molecule has 2 N–H and O–H groups in total. The lowest BCUT2D eigenvalue weighted by atomic mass is 10.1. The predicted molar refractivity (Wildman–Crippen MR) is 80.3 cm³/mol. The van der Waals surface area contributed by atoms with Crippen molar-refractivity contribution in [3.8, 4) is 0 Å². The van der Waals surface area contributed by atoms with Crippen molar-refractivity contribution in [2.24, 2.45) is 5.92 Å². The Hall–Kier alpha value is -1.30. The number of urea groups is 1. The van der Waals surface area contributed by atoms with Crippen LogP contribution in [0.4, 0.5) is 4.79 Å². The lowest BCUT2D eigenvalue weighted by Gasteiger charge is -2.27. The number of amides is 2. The van der Waals surface area contributed by atoms with E-state index in [1.54, 1.807) is 0 Å². The zero-order chi connectivity index (χ0) is 15.7. The van der Waals surface area contributed by atoms with Gasteiger partial charge in [-0.15, -0.1) is 0 Å². The van der Waals surface area contributed by atoms with E-state index < -0.39 is 12.0 Å². The molecule has 0 aliphatic carbocycles. The molecule has 1 aliphatic heterocycles. The Labute approximate surface area is 126 Å². The van der Waals surface area contributed by atoms with Crippen molar-refractivity contribution in [1.29, 1.82) is 0 Å². The molecule has 6 heteroatoms. The molecular formula is C15H28N2O4. The summed E-state index contributed by atoms with van der Waals surface area (Å²) >= 11 is 0. The largest absolute Gasteiger partial charge is 0.480 e. The van der Waals surface area contributed by atoms with Gasteiger partial charge in [-0.3, -0.25) is 0 Å². The highest BCUT2D eigenvalue weighted by Gasteiger charge is 2.30. The molecule has 2 amide bonds. The maximum atomic E-state index is 12.1. The minimum absolute atomic E-state index is 0.295. The molecule has 21 heavy (non-hydrogen) atoms. The van der Waals surface area contributed by atoms with Gasteiger partial charge in [0.15, 0.2) is 0 Å². The normalized spacial score (nSPS) is 19.4. The first-order valence-electron chi connectivity index (χ1n) is 7.87. The second-order valence-electron chi connectivity index (χ2n) is 5.92. The summed E-state index contributed by atoms with van der Waals surface area (Å²) < 4.78 is 5.43. The number of carboxylic acid groups (broad SMARTS) is 1. The summed E-state index contributed by atoms with van der Waals surface area (Å²) in [7, 11) is 0. The van der Waals surface area contributed by atoms with Crippen LogP contribution in [-0.4, -0.2) is 54.4 Å². The molecule has 1 heterocycles. The Morgan fingerprint density at radius 2 is 2.05 bits per heavy atom. The molecule has 0 saturated carbocycles. The van der Waals surface area contributed by atoms with Crippen LogP contribution in [-0.2, 0) is 9.53 Å². The SMILES string of the molecule is CC(C)CCOCCNC(=O)N1CCCCCC1C(=O)O. The van der Waals surface area contributed by atoms with E-state index >= 15 is 0 Å². The van der Waals surface area contributed by atoms with Gasteiger partial charge in [-0.25, -0.2) is 9.59 Å². The lowest BCUT2D eigenvalue weighted by Crippen LogP contribution is -2.49. The van der Waals surface area contributed by atoms with Gasteiger partial charge in [0.1, 0.15) is 6.04 Å². The first-order chi connectivity index (χ1) is 10.0. The predicted octanol–water partition coefficient (Wildman–Crippen LogP) is 2.09. The zero-order valence-corrected chi connectivity index (χ0v) is 13.1. The molecule has 1 fully saturated rings. The molecule has 0 aromatic rings. The number of ether oxygens (including phenoxy) is 1. The number of carbonyl (C=O) groups excluding carboxylic acids is 1. The molecule has 1 rings (SSSR count). The van der Waals surface area contributed by atoms with Gasteiger partial charge < -0.3 is 20.1 Å². The van der Waals surface area contributed by atoms with Gasteiger partial charge in [0.25, 0.3) is 0 Å². The van der Waals surface area contributed by atoms with Crippen LogP contribution in [0.2, 0.25) is 0 Å².